The van der Waals surface area contributed by atoms with Crippen molar-refractivity contribution < 1.29 is 0 Å². The van der Waals surface area contributed by atoms with E-state index in [2.05, 4.69) is 17.9 Å². The van der Waals surface area contributed by atoms with Crippen LogP contribution in [0, 0.1) is 0 Å². The number of hydrogen-bond acceptors (Lipinski definition) is 1. The standard InChI is InChI=1S/C8H10N2/c1-6-3-8(6)7-4-9-10(2)5-7/h4-5,8H,1,3H2,2H3/t8-/m1/s1. The normalized spacial score (nSPS) is 23.3. The van der Waals surface area contributed by atoms with E-state index in [0.29, 0.717) is 5.92 Å². The Kier molecular flexibility index (Phi) is 0.982. The van der Waals surface area contributed by atoms with Gasteiger partial charge in [-0.15, -0.1) is 0 Å². The van der Waals surface area contributed by atoms with Gasteiger partial charge < -0.3 is 0 Å². The van der Waals surface area contributed by atoms with Gasteiger partial charge in [-0.05, 0) is 12.0 Å². The van der Waals surface area contributed by atoms with Gasteiger partial charge >= 0.3 is 0 Å². The summed E-state index contributed by atoms with van der Waals surface area (Å²) in [5, 5.41) is 4.09. The number of rotatable bonds is 1. The Morgan fingerprint density at radius 3 is 2.90 bits per heavy atom. The highest BCUT2D eigenvalue weighted by atomic mass is 15.2. The number of aromatic nitrogens is 2. The molecule has 0 amide bonds. The van der Waals surface area contributed by atoms with Crippen molar-refractivity contribution in [2.45, 2.75) is 12.3 Å². The zero-order valence-corrected chi connectivity index (χ0v) is 6.04. The van der Waals surface area contributed by atoms with Crippen molar-refractivity contribution in [3.63, 3.8) is 0 Å². The molecule has 0 aliphatic heterocycles. The van der Waals surface area contributed by atoms with Gasteiger partial charge in [0.15, 0.2) is 0 Å². The molecule has 1 fully saturated rings. The first-order valence-electron chi connectivity index (χ1n) is 3.43. The highest BCUT2D eigenvalue weighted by molar-refractivity contribution is 5.36. The lowest BCUT2D eigenvalue weighted by atomic mass is 10.2. The topological polar surface area (TPSA) is 17.8 Å². The summed E-state index contributed by atoms with van der Waals surface area (Å²) in [5.74, 6) is 0.619. The van der Waals surface area contributed by atoms with Crippen molar-refractivity contribution >= 4 is 0 Å². The first-order chi connectivity index (χ1) is 4.77. The fourth-order valence-corrected chi connectivity index (χ4v) is 1.18. The van der Waals surface area contributed by atoms with Crippen LogP contribution in [-0.2, 0) is 7.05 Å². The quantitative estimate of drug-likeness (QED) is 0.532. The summed E-state index contributed by atoms with van der Waals surface area (Å²) in [7, 11) is 1.94. The van der Waals surface area contributed by atoms with E-state index in [-0.39, 0.29) is 0 Å². The minimum Gasteiger partial charge on any atom is -0.276 e. The van der Waals surface area contributed by atoms with E-state index in [1.807, 2.05) is 17.9 Å². The van der Waals surface area contributed by atoms with E-state index < -0.39 is 0 Å². The van der Waals surface area contributed by atoms with Crippen LogP contribution in [0.25, 0.3) is 0 Å². The Morgan fingerprint density at radius 1 is 1.80 bits per heavy atom. The summed E-state index contributed by atoms with van der Waals surface area (Å²) in [4.78, 5) is 0. The molecule has 52 valence electrons. The third-order valence-electron chi connectivity index (χ3n) is 1.93. The molecule has 0 aromatic carbocycles. The van der Waals surface area contributed by atoms with Crippen LogP contribution in [0.1, 0.15) is 17.9 Å². The number of aryl methyl sites for hydroxylation is 1. The monoisotopic (exact) mass is 134 g/mol. The molecule has 0 radical (unpaired) electrons. The number of allylic oxidation sites excluding steroid dienone is 1. The van der Waals surface area contributed by atoms with Gasteiger partial charge in [0.2, 0.25) is 0 Å². The first kappa shape index (κ1) is 5.71. The van der Waals surface area contributed by atoms with Crippen LogP contribution in [0.2, 0.25) is 0 Å². The van der Waals surface area contributed by atoms with E-state index in [4.69, 9.17) is 0 Å². The van der Waals surface area contributed by atoms with Crippen LogP contribution in [0.3, 0.4) is 0 Å². The maximum absolute atomic E-state index is 4.09. The molecular weight excluding hydrogens is 124 g/mol. The predicted octanol–water partition coefficient (Wildman–Crippen LogP) is 1.46. The van der Waals surface area contributed by atoms with Crippen LogP contribution >= 0.6 is 0 Å². The van der Waals surface area contributed by atoms with Crippen LogP contribution < -0.4 is 0 Å². The molecule has 0 unspecified atom stereocenters. The SMILES string of the molecule is C=C1C[C@H]1c1cnn(C)c1. The molecule has 0 spiro atoms. The minimum atomic E-state index is 0.619. The lowest BCUT2D eigenvalue weighted by Gasteiger charge is -1.84. The Bertz CT molecular complexity index is 273. The molecule has 2 nitrogen and oxygen atoms in total. The highest BCUT2D eigenvalue weighted by Crippen LogP contribution is 2.44. The van der Waals surface area contributed by atoms with Gasteiger partial charge in [-0.25, -0.2) is 0 Å². The van der Waals surface area contributed by atoms with Gasteiger partial charge in [0, 0.05) is 19.2 Å². The third kappa shape index (κ3) is 0.764. The lowest BCUT2D eigenvalue weighted by Crippen LogP contribution is -1.84. The first-order valence-corrected chi connectivity index (χ1v) is 3.43. The Hall–Kier alpha value is -1.05. The molecule has 1 aliphatic carbocycles. The molecule has 2 heteroatoms. The van der Waals surface area contributed by atoms with Crippen molar-refractivity contribution in [3.8, 4) is 0 Å². The maximum Gasteiger partial charge on any atom is 0.0527 e. The summed E-state index contributed by atoms with van der Waals surface area (Å²) in [6, 6.07) is 0. The Balaban J connectivity index is 2.27. The molecule has 2 rings (SSSR count). The van der Waals surface area contributed by atoms with Crippen molar-refractivity contribution in [2.24, 2.45) is 7.05 Å². The van der Waals surface area contributed by atoms with Gasteiger partial charge in [-0.2, -0.15) is 5.10 Å². The second kappa shape index (κ2) is 1.72. The maximum atomic E-state index is 4.09. The third-order valence-corrected chi connectivity index (χ3v) is 1.93. The molecule has 10 heavy (non-hydrogen) atoms. The number of nitrogens with zero attached hydrogens (tertiary/aromatic N) is 2. The summed E-state index contributed by atoms with van der Waals surface area (Å²) in [6.45, 7) is 3.90. The summed E-state index contributed by atoms with van der Waals surface area (Å²) in [5.41, 5.74) is 2.65. The average molecular weight is 134 g/mol. The van der Waals surface area contributed by atoms with E-state index in [1.165, 1.54) is 11.1 Å². The second-order valence-corrected chi connectivity index (χ2v) is 2.86. The molecular formula is C8H10N2. The highest BCUT2D eigenvalue weighted by Gasteiger charge is 2.29. The second-order valence-electron chi connectivity index (χ2n) is 2.86. The van der Waals surface area contributed by atoms with E-state index in [0.717, 1.165) is 6.42 Å². The van der Waals surface area contributed by atoms with Gasteiger partial charge in [0.05, 0.1) is 6.20 Å². The summed E-state index contributed by atoms with van der Waals surface area (Å²) in [6.07, 6.45) is 5.14. The lowest BCUT2D eigenvalue weighted by molar-refractivity contribution is 0.767. The van der Waals surface area contributed by atoms with Crippen molar-refractivity contribution in [3.05, 3.63) is 30.1 Å². The van der Waals surface area contributed by atoms with Crippen LogP contribution in [0.5, 0.6) is 0 Å². The molecule has 1 heterocycles. The molecule has 0 saturated heterocycles. The van der Waals surface area contributed by atoms with E-state index in [9.17, 15) is 0 Å². The largest absolute Gasteiger partial charge is 0.276 e. The number of hydrogen-bond donors (Lipinski definition) is 0. The molecule has 1 aromatic heterocycles. The average Bonchev–Trinajstić information content (AvgIpc) is 2.42. The molecule has 0 N–H and O–H groups in total. The summed E-state index contributed by atoms with van der Waals surface area (Å²) < 4.78 is 1.83. The van der Waals surface area contributed by atoms with Gasteiger partial charge in [-0.1, -0.05) is 12.2 Å². The van der Waals surface area contributed by atoms with Gasteiger partial charge in [0.25, 0.3) is 0 Å². The molecule has 1 aromatic rings. The smallest absolute Gasteiger partial charge is 0.0527 e. The van der Waals surface area contributed by atoms with Gasteiger partial charge in [-0.3, -0.25) is 4.68 Å². The van der Waals surface area contributed by atoms with E-state index >= 15 is 0 Å². The molecule has 1 saturated carbocycles. The van der Waals surface area contributed by atoms with Crippen LogP contribution in [0.4, 0.5) is 0 Å². The Labute approximate surface area is 60.2 Å². The molecule has 1 aliphatic rings. The summed E-state index contributed by atoms with van der Waals surface area (Å²) >= 11 is 0. The van der Waals surface area contributed by atoms with Crippen molar-refractivity contribution in [1.29, 1.82) is 0 Å². The fraction of sp³-hybridized carbons (Fsp3) is 0.375. The van der Waals surface area contributed by atoms with Crippen LogP contribution in [-0.4, -0.2) is 9.78 Å². The fourth-order valence-electron chi connectivity index (χ4n) is 1.18. The van der Waals surface area contributed by atoms with Crippen molar-refractivity contribution in [2.75, 3.05) is 0 Å². The minimum absolute atomic E-state index is 0.619. The zero-order valence-electron chi connectivity index (χ0n) is 6.04. The predicted molar refractivity (Wildman–Crippen MR) is 39.7 cm³/mol. The van der Waals surface area contributed by atoms with E-state index in [1.54, 1.807) is 0 Å². The Morgan fingerprint density at radius 2 is 2.50 bits per heavy atom. The zero-order chi connectivity index (χ0) is 7.14. The van der Waals surface area contributed by atoms with Crippen molar-refractivity contribution in [1.82, 2.24) is 9.78 Å². The molecule has 0 bridgehead atoms. The van der Waals surface area contributed by atoms with Crippen LogP contribution in [0.15, 0.2) is 24.5 Å². The van der Waals surface area contributed by atoms with Gasteiger partial charge in [0.1, 0.15) is 0 Å². The molecule has 1 atom stereocenters.